The number of nitrogens with zero attached hydrogens (tertiary/aromatic N) is 2. The van der Waals surface area contributed by atoms with E-state index in [9.17, 15) is 9.59 Å². The molecule has 0 aliphatic carbocycles. The third-order valence-electron chi connectivity index (χ3n) is 4.38. The van der Waals surface area contributed by atoms with Crippen molar-refractivity contribution < 1.29 is 9.59 Å². The van der Waals surface area contributed by atoms with E-state index in [0.717, 1.165) is 12.0 Å². The third kappa shape index (κ3) is 4.34. The molecule has 0 atom stereocenters. The highest BCUT2D eigenvalue weighted by atomic mass is 16.2. The Balaban J connectivity index is 1.96. The molecule has 0 unspecified atom stereocenters. The zero-order chi connectivity index (χ0) is 17.0. The first-order valence-corrected chi connectivity index (χ1v) is 8.50. The quantitative estimate of drug-likeness (QED) is 0.860. The van der Waals surface area contributed by atoms with Crippen LogP contribution in [0.1, 0.15) is 56.5 Å². The van der Waals surface area contributed by atoms with Gasteiger partial charge >= 0.3 is 0 Å². The number of hydrogen-bond donors (Lipinski definition) is 0. The Labute approximate surface area is 139 Å². The molecule has 0 aromatic heterocycles. The molecule has 0 spiro atoms. The van der Waals surface area contributed by atoms with Crippen molar-refractivity contribution in [2.45, 2.75) is 46.0 Å². The molecule has 4 nitrogen and oxygen atoms in total. The van der Waals surface area contributed by atoms with E-state index in [0.29, 0.717) is 32.6 Å². The second-order valence-corrected chi connectivity index (χ2v) is 7.25. The van der Waals surface area contributed by atoms with Crippen LogP contribution in [0.15, 0.2) is 24.3 Å². The van der Waals surface area contributed by atoms with E-state index in [2.05, 4.69) is 20.8 Å². The number of carbonyl (C=O) groups excluding carboxylic acids is 2. The van der Waals surface area contributed by atoms with Gasteiger partial charge in [-0.1, -0.05) is 39.8 Å². The van der Waals surface area contributed by atoms with Crippen LogP contribution >= 0.6 is 0 Å². The summed E-state index contributed by atoms with van der Waals surface area (Å²) >= 11 is 0. The van der Waals surface area contributed by atoms with Crippen LogP contribution in [0.3, 0.4) is 0 Å². The Morgan fingerprint density at radius 3 is 1.96 bits per heavy atom. The molecule has 126 valence electrons. The molecule has 1 fully saturated rings. The second kappa shape index (κ2) is 7.16. The Morgan fingerprint density at radius 2 is 1.48 bits per heavy atom. The van der Waals surface area contributed by atoms with Gasteiger partial charge in [0.1, 0.15) is 0 Å². The van der Waals surface area contributed by atoms with Gasteiger partial charge in [-0.2, -0.15) is 0 Å². The number of piperazine rings is 1. The summed E-state index contributed by atoms with van der Waals surface area (Å²) in [6.07, 6.45) is 1.47. The Bertz CT molecular complexity index is 550. The van der Waals surface area contributed by atoms with Crippen molar-refractivity contribution in [3.8, 4) is 0 Å². The van der Waals surface area contributed by atoms with E-state index in [1.54, 1.807) is 0 Å². The largest absolute Gasteiger partial charge is 0.339 e. The number of rotatable bonds is 3. The van der Waals surface area contributed by atoms with Crippen molar-refractivity contribution >= 4 is 11.8 Å². The van der Waals surface area contributed by atoms with Gasteiger partial charge in [0.2, 0.25) is 5.91 Å². The maximum atomic E-state index is 12.6. The van der Waals surface area contributed by atoms with Gasteiger partial charge in [0.25, 0.3) is 5.91 Å². The fourth-order valence-corrected chi connectivity index (χ4v) is 2.83. The fourth-order valence-electron chi connectivity index (χ4n) is 2.83. The molecule has 0 radical (unpaired) electrons. The van der Waals surface area contributed by atoms with Crippen molar-refractivity contribution in [2.75, 3.05) is 26.2 Å². The zero-order valence-corrected chi connectivity index (χ0v) is 14.8. The second-order valence-electron chi connectivity index (χ2n) is 7.25. The lowest BCUT2D eigenvalue weighted by atomic mass is 9.86. The molecular formula is C19H28N2O2. The van der Waals surface area contributed by atoms with Crippen LogP contribution < -0.4 is 0 Å². The topological polar surface area (TPSA) is 40.6 Å². The lowest BCUT2D eigenvalue weighted by molar-refractivity contribution is -0.132. The predicted molar refractivity (Wildman–Crippen MR) is 92.5 cm³/mol. The first-order valence-electron chi connectivity index (χ1n) is 8.50. The van der Waals surface area contributed by atoms with Crippen molar-refractivity contribution in [1.82, 2.24) is 9.80 Å². The Morgan fingerprint density at radius 1 is 0.957 bits per heavy atom. The van der Waals surface area contributed by atoms with Crippen LogP contribution in [0, 0.1) is 0 Å². The molecule has 0 saturated carbocycles. The summed E-state index contributed by atoms with van der Waals surface area (Å²) < 4.78 is 0. The molecule has 1 heterocycles. The monoisotopic (exact) mass is 316 g/mol. The molecule has 2 amide bonds. The van der Waals surface area contributed by atoms with E-state index >= 15 is 0 Å². The molecule has 2 rings (SSSR count). The lowest BCUT2D eigenvalue weighted by Crippen LogP contribution is -2.50. The van der Waals surface area contributed by atoms with E-state index in [1.807, 2.05) is 41.0 Å². The normalized spacial score (nSPS) is 15.7. The molecular weight excluding hydrogens is 288 g/mol. The minimum atomic E-state index is 0.0630. The zero-order valence-electron chi connectivity index (χ0n) is 14.8. The van der Waals surface area contributed by atoms with Gasteiger partial charge in [0, 0.05) is 38.2 Å². The number of amides is 2. The average Bonchev–Trinajstić information content (AvgIpc) is 2.54. The van der Waals surface area contributed by atoms with Crippen molar-refractivity contribution in [3.05, 3.63) is 35.4 Å². The smallest absolute Gasteiger partial charge is 0.253 e. The first-order chi connectivity index (χ1) is 10.8. The van der Waals surface area contributed by atoms with E-state index < -0.39 is 0 Å². The lowest BCUT2D eigenvalue weighted by Gasteiger charge is -2.35. The minimum absolute atomic E-state index is 0.0630. The average molecular weight is 316 g/mol. The molecule has 1 aromatic rings. The highest BCUT2D eigenvalue weighted by molar-refractivity contribution is 5.94. The first kappa shape index (κ1) is 17.5. The van der Waals surface area contributed by atoms with E-state index in [-0.39, 0.29) is 17.2 Å². The third-order valence-corrected chi connectivity index (χ3v) is 4.38. The molecule has 1 aromatic carbocycles. The van der Waals surface area contributed by atoms with E-state index in [1.165, 1.54) is 5.56 Å². The number of hydrogen-bond acceptors (Lipinski definition) is 2. The standard InChI is InChI=1S/C19H28N2O2/c1-5-6-17(22)20-11-13-21(14-12-20)18(23)15-7-9-16(10-8-15)19(2,3)4/h7-10H,5-6,11-14H2,1-4H3. The summed E-state index contributed by atoms with van der Waals surface area (Å²) in [5.41, 5.74) is 2.04. The maximum absolute atomic E-state index is 12.6. The minimum Gasteiger partial charge on any atom is -0.339 e. The summed E-state index contributed by atoms with van der Waals surface area (Å²) in [4.78, 5) is 28.2. The van der Waals surface area contributed by atoms with Gasteiger partial charge in [-0.15, -0.1) is 0 Å². The van der Waals surface area contributed by atoms with Crippen LogP contribution in [0.2, 0.25) is 0 Å². The van der Waals surface area contributed by atoms with Crippen LogP contribution in [-0.2, 0) is 10.2 Å². The van der Waals surface area contributed by atoms with Crippen molar-refractivity contribution in [3.63, 3.8) is 0 Å². The molecule has 0 bridgehead atoms. The van der Waals surface area contributed by atoms with Crippen LogP contribution in [0.5, 0.6) is 0 Å². The van der Waals surface area contributed by atoms with Gasteiger partial charge < -0.3 is 9.80 Å². The van der Waals surface area contributed by atoms with Gasteiger partial charge in [-0.05, 0) is 29.5 Å². The molecule has 0 N–H and O–H groups in total. The fraction of sp³-hybridized carbons (Fsp3) is 0.579. The molecule has 1 saturated heterocycles. The van der Waals surface area contributed by atoms with Crippen LogP contribution in [0.4, 0.5) is 0 Å². The maximum Gasteiger partial charge on any atom is 0.253 e. The van der Waals surface area contributed by atoms with Crippen LogP contribution in [-0.4, -0.2) is 47.8 Å². The Hall–Kier alpha value is -1.84. The van der Waals surface area contributed by atoms with E-state index in [4.69, 9.17) is 0 Å². The molecule has 1 aliphatic rings. The van der Waals surface area contributed by atoms with Gasteiger partial charge in [-0.3, -0.25) is 9.59 Å². The van der Waals surface area contributed by atoms with Gasteiger partial charge in [0.15, 0.2) is 0 Å². The van der Waals surface area contributed by atoms with Gasteiger partial charge in [-0.25, -0.2) is 0 Å². The SMILES string of the molecule is CCCC(=O)N1CCN(C(=O)c2ccc(C(C)(C)C)cc2)CC1. The van der Waals surface area contributed by atoms with Gasteiger partial charge in [0.05, 0.1) is 0 Å². The Kier molecular flexibility index (Phi) is 5.45. The summed E-state index contributed by atoms with van der Waals surface area (Å²) in [6.45, 7) is 11.0. The number of benzene rings is 1. The number of carbonyl (C=O) groups is 2. The van der Waals surface area contributed by atoms with Crippen molar-refractivity contribution in [1.29, 1.82) is 0 Å². The summed E-state index contributed by atoms with van der Waals surface area (Å²) in [5, 5.41) is 0. The van der Waals surface area contributed by atoms with Crippen molar-refractivity contribution in [2.24, 2.45) is 0 Å². The highest BCUT2D eigenvalue weighted by Gasteiger charge is 2.24. The predicted octanol–water partition coefficient (Wildman–Crippen LogP) is 3.07. The summed E-state index contributed by atoms with van der Waals surface area (Å²) in [6, 6.07) is 7.90. The molecule has 23 heavy (non-hydrogen) atoms. The summed E-state index contributed by atoms with van der Waals surface area (Å²) in [7, 11) is 0. The highest BCUT2D eigenvalue weighted by Crippen LogP contribution is 2.22. The van der Waals surface area contributed by atoms with Crippen LogP contribution in [0.25, 0.3) is 0 Å². The molecule has 1 aliphatic heterocycles. The summed E-state index contributed by atoms with van der Waals surface area (Å²) in [5.74, 6) is 0.266. The molecule has 4 heteroatoms.